The number of nitrogens with one attached hydrogen (secondary N) is 1. The molecule has 2 aromatic rings. The lowest BCUT2D eigenvalue weighted by atomic mass is 10.2. The van der Waals surface area contributed by atoms with Crippen LogP contribution in [0.2, 0.25) is 0 Å². The van der Waals surface area contributed by atoms with Gasteiger partial charge < -0.3 is 9.84 Å². The highest BCUT2D eigenvalue weighted by molar-refractivity contribution is 7.89. The van der Waals surface area contributed by atoms with Crippen LogP contribution < -0.4 is 9.57 Å². The number of hydrazone groups is 1. The molecule has 0 amide bonds. The third-order valence-corrected chi connectivity index (χ3v) is 4.27. The molecule has 0 bridgehead atoms. The van der Waals surface area contributed by atoms with Crippen LogP contribution in [-0.4, -0.2) is 31.3 Å². The summed E-state index contributed by atoms with van der Waals surface area (Å²) >= 11 is 0. The normalized spacial score (nSPS) is 11.4. The summed E-state index contributed by atoms with van der Waals surface area (Å²) in [5, 5.41) is 24.3. The van der Waals surface area contributed by atoms with E-state index in [0.29, 0.717) is 6.61 Å². The largest absolute Gasteiger partial charge is 0.504 e. The van der Waals surface area contributed by atoms with Crippen LogP contribution >= 0.6 is 0 Å². The average molecular weight is 365 g/mol. The Bertz CT molecular complexity index is 911. The lowest BCUT2D eigenvalue weighted by Crippen LogP contribution is -2.18. The van der Waals surface area contributed by atoms with E-state index in [-0.39, 0.29) is 27.6 Å². The highest BCUT2D eigenvalue weighted by Crippen LogP contribution is 2.28. The number of hydrogen-bond donors (Lipinski definition) is 2. The number of non-ortho nitro benzene ring substituents is 1. The Hall–Kier alpha value is -3.14. The molecule has 132 valence electrons. The van der Waals surface area contributed by atoms with E-state index in [0.717, 1.165) is 12.3 Å². The highest BCUT2D eigenvalue weighted by atomic mass is 32.2. The van der Waals surface area contributed by atoms with Crippen molar-refractivity contribution in [2.45, 2.75) is 11.8 Å². The molecular weight excluding hydrogens is 350 g/mol. The summed E-state index contributed by atoms with van der Waals surface area (Å²) in [6, 6.07) is 9.25. The fourth-order valence-electron chi connectivity index (χ4n) is 1.90. The first-order chi connectivity index (χ1) is 11.8. The first-order valence-corrected chi connectivity index (χ1v) is 8.57. The summed E-state index contributed by atoms with van der Waals surface area (Å²) in [7, 11) is -4.08. The van der Waals surface area contributed by atoms with Crippen molar-refractivity contribution in [1.29, 1.82) is 0 Å². The van der Waals surface area contributed by atoms with Gasteiger partial charge in [-0.25, -0.2) is 4.83 Å². The van der Waals surface area contributed by atoms with Gasteiger partial charge in [-0.2, -0.15) is 13.5 Å². The van der Waals surface area contributed by atoms with Crippen LogP contribution in [0, 0.1) is 10.1 Å². The highest BCUT2D eigenvalue weighted by Gasteiger charge is 2.16. The number of phenolic OH excluding ortho intramolecular Hbond substituents is 1. The standard InChI is InChI=1S/C15H15N3O6S/c1-2-24-14-8-3-5-11(15(14)19)10-16-17-25(22,23)13-7-4-6-12(9-13)18(20)21/h3-10,17,19H,2H2,1H3. The number of para-hydroxylation sites is 1. The van der Waals surface area contributed by atoms with Crippen LogP contribution in [0.4, 0.5) is 5.69 Å². The number of rotatable bonds is 7. The first-order valence-electron chi connectivity index (χ1n) is 7.09. The van der Waals surface area contributed by atoms with Gasteiger partial charge in [-0.15, -0.1) is 0 Å². The number of benzene rings is 2. The van der Waals surface area contributed by atoms with Crippen molar-refractivity contribution in [3.63, 3.8) is 0 Å². The molecule has 0 atom stereocenters. The van der Waals surface area contributed by atoms with Crippen molar-refractivity contribution < 1.29 is 23.2 Å². The molecule has 0 aliphatic rings. The van der Waals surface area contributed by atoms with E-state index in [4.69, 9.17) is 4.74 Å². The summed E-state index contributed by atoms with van der Waals surface area (Å²) < 4.78 is 29.4. The van der Waals surface area contributed by atoms with E-state index in [1.54, 1.807) is 19.1 Å². The quantitative estimate of drug-likeness (QED) is 0.438. The van der Waals surface area contributed by atoms with Crippen molar-refractivity contribution in [3.05, 3.63) is 58.1 Å². The number of ether oxygens (including phenoxy) is 1. The second kappa shape index (κ2) is 7.62. The lowest BCUT2D eigenvalue weighted by Gasteiger charge is -2.07. The van der Waals surface area contributed by atoms with Gasteiger partial charge in [0.25, 0.3) is 15.7 Å². The van der Waals surface area contributed by atoms with E-state index in [2.05, 4.69) is 5.10 Å². The second-order valence-corrected chi connectivity index (χ2v) is 6.40. The van der Waals surface area contributed by atoms with Crippen LogP contribution in [0.15, 0.2) is 52.5 Å². The summed E-state index contributed by atoms with van der Waals surface area (Å²) in [6.45, 7) is 2.11. The number of hydrogen-bond acceptors (Lipinski definition) is 7. The molecule has 0 aliphatic heterocycles. The zero-order valence-electron chi connectivity index (χ0n) is 13.1. The van der Waals surface area contributed by atoms with Crippen LogP contribution in [0.1, 0.15) is 12.5 Å². The zero-order chi connectivity index (χ0) is 18.4. The molecule has 0 saturated heterocycles. The predicted molar refractivity (Wildman–Crippen MR) is 90.3 cm³/mol. The van der Waals surface area contributed by atoms with Gasteiger partial charge in [0, 0.05) is 17.7 Å². The van der Waals surface area contributed by atoms with Crippen LogP contribution in [0.5, 0.6) is 11.5 Å². The zero-order valence-corrected chi connectivity index (χ0v) is 13.9. The van der Waals surface area contributed by atoms with Crippen molar-refractivity contribution in [1.82, 2.24) is 4.83 Å². The summed E-state index contributed by atoms with van der Waals surface area (Å²) in [5.41, 5.74) is -0.110. The number of sulfonamides is 1. The molecule has 10 heteroatoms. The maximum Gasteiger partial charge on any atom is 0.276 e. The maximum atomic E-state index is 12.1. The Morgan fingerprint density at radius 3 is 2.72 bits per heavy atom. The van der Waals surface area contributed by atoms with E-state index in [1.807, 2.05) is 4.83 Å². The lowest BCUT2D eigenvalue weighted by molar-refractivity contribution is -0.385. The SMILES string of the molecule is CCOc1cccc(C=NNS(=O)(=O)c2cccc([N+](=O)[O-])c2)c1O. The molecule has 2 rings (SSSR count). The number of nitro benzene ring substituents is 1. The molecule has 0 spiro atoms. The molecule has 0 fully saturated rings. The molecule has 0 radical (unpaired) electrons. The minimum absolute atomic E-state index is 0.178. The van der Waals surface area contributed by atoms with Crippen LogP contribution in [-0.2, 0) is 10.0 Å². The number of nitrogens with zero attached hydrogens (tertiary/aromatic N) is 2. The number of phenols is 1. The van der Waals surface area contributed by atoms with E-state index in [9.17, 15) is 23.6 Å². The van der Waals surface area contributed by atoms with Gasteiger partial charge in [0.15, 0.2) is 11.5 Å². The molecule has 0 heterocycles. The van der Waals surface area contributed by atoms with Gasteiger partial charge in [0.2, 0.25) is 0 Å². The smallest absolute Gasteiger partial charge is 0.276 e. The van der Waals surface area contributed by atoms with Gasteiger partial charge in [0.1, 0.15) is 0 Å². The first kappa shape index (κ1) is 18.2. The number of nitro groups is 1. The van der Waals surface area contributed by atoms with E-state index >= 15 is 0 Å². The Balaban J connectivity index is 2.20. The number of aromatic hydroxyl groups is 1. The van der Waals surface area contributed by atoms with Crippen molar-refractivity contribution >= 4 is 21.9 Å². The Morgan fingerprint density at radius 2 is 2.04 bits per heavy atom. The average Bonchev–Trinajstić information content (AvgIpc) is 2.58. The van der Waals surface area contributed by atoms with Crippen molar-refractivity contribution in [3.8, 4) is 11.5 Å². The van der Waals surface area contributed by atoms with E-state index in [1.165, 1.54) is 24.3 Å². The van der Waals surface area contributed by atoms with Gasteiger partial charge in [-0.3, -0.25) is 10.1 Å². The Kier molecular flexibility index (Phi) is 5.55. The van der Waals surface area contributed by atoms with Crippen molar-refractivity contribution in [2.24, 2.45) is 5.10 Å². The molecule has 0 saturated carbocycles. The minimum Gasteiger partial charge on any atom is -0.504 e. The monoisotopic (exact) mass is 365 g/mol. The summed E-state index contributed by atoms with van der Waals surface area (Å²) in [6.07, 6.45) is 1.10. The predicted octanol–water partition coefficient (Wildman–Crippen LogP) is 2.01. The van der Waals surface area contributed by atoms with E-state index < -0.39 is 14.9 Å². The molecule has 9 nitrogen and oxygen atoms in total. The van der Waals surface area contributed by atoms with Gasteiger partial charge in [-0.1, -0.05) is 12.1 Å². The van der Waals surface area contributed by atoms with Crippen LogP contribution in [0.25, 0.3) is 0 Å². The molecule has 2 N–H and O–H groups in total. The Labute approximate surface area is 143 Å². The Morgan fingerprint density at radius 1 is 1.32 bits per heavy atom. The fraction of sp³-hybridized carbons (Fsp3) is 0.133. The topological polar surface area (TPSA) is 131 Å². The molecule has 0 aliphatic carbocycles. The van der Waals surface area contributed by atoms with Gasteiger partial charge >= 0.3 is 0 Å². The second-order valence-electron chi connectivity index (χ2n) is 4.73. The molecular formula is C15H15N3O6S. The molecule has 0 aromatic heterocycles. The summed E-state index contributed by atoms with van der Waals surface area (Å²) in [4.78, 5) is 11.7. The van der Waals surface area contributed by atoms with Crippen molar-refractivity contribution in [2.75, 3.05) is 6.61 Å². The molecule has 2 aromatic carbocycles. The third-order valence-electron chi connectivity index (χ3n) is 3.05. The fourth-order valence-corrected chi connectivity index (χ4v) is 2.73. The maximum absolute atomic E-state index is 12.1. The minimum atomic E-state index is -4.08. The third kappa shape index (κ3) is 4.44. The molecule has 0 unspecified atom stereocenters. The molecule has 25 heavy (non-hydrogen) atoms. The van der Waals surface area contributed by atoms with Crippen LogP contribution in [0.3, 0.4) is 0 Å². The van der Waals surface area contributed by atoms with Gasteiger partial charge in [-0.05, 0) is 25.1 Å². The van der Waals surface area contributed by atoms with Gasteiger partial charge in [0.05, 0.1) is 22.6 Å². The summed E-state index contributed by atoms with van der Waals surface area (Å²) in [5.74, 6) is 0.0654.